The molecule has 6 nitrogen and oxygen atoms in total. The van der Waals surface area contributed by atoms with Gasteiger partial charge >= 0.3 is 0 Å². The van der Waals surface area contributed by atoms with Crippen LogP contribution in [0, 0.1) is 0 Å². The summed E-state index contributed by atoms with van der Waals surface area (Å²) in [6.07, 6.45) is -5.67. The second-order valence-corrected chi connectivity index (χ2v) is 2.99. The van der Waals surface area contributed by atoms with Gasteiger partial charge in [-0.3, -0.25) is 0 Å². The molecule has 4 atom stereocenters. The molecule has 0 bridgehead atoms. The monoisotopic (exact) mass is 210 g/mol. The molecule has 0 amide bonds. The SMILES string of the molecule is CCCOC(O)[C@H](O)[C@@H](O)[C@H](O)CO. The number of aliphatic hydroxyl groups is 5. The van der Waals surface area contributed by atoms with Gasteiger partial charge in [0.2, 0.25) is 0 Å². The summed E-state index contributed by atoms with van der Waals surface area (Å²) in [4.78, 5) is 0. The first kappa shape index (κ1) is 13.8. The van der Waals surface area contributed by atoms with Crippen molar-refractivity contribution in [2.75, 3.05) is 13.2 Å². The Kier molecular flexibility index (Phi) is 6.98. The predicted molar refractivity (Wildman–Crippen MR) is 47.4 cm³/mol. The smallest absolute Gasteiger partial charge is 0.183 e. The van der Waals surface area contributed by atoms with Crippen molar-refractivity contribution in [1.29, 1.82) is 0 Å². The van der Waals surface area contributed by atoms with Crippen molar-refractivity contribution >= 4 is 0 Å². The van der Waals surface area contributed by atoms with Gasteiger partial charge in [0.15, 0.2) is 6.29 Å². The van der Waals surface area contributed by atoms with E-state index >= 15 is 0 Å². The summed E-state index contributed by atoms with van der Waals surface area (Å²) < 4.78 is 4.72. The van der Waals surface area contributed by atoms with Gasteiger partial charge in [0.05, 0.1) is 6.61 Å². The van der Waals surface area contributed by atoms with E-state index in [-0.39, 0.29) is 6.61 Å². The van der Waals surface area contributed by atoms with Gasteiger partial charge in [0, 0.05) is 6.61 Å². The highest BCUT2D eigenvalue weighted by molar-refractivity contribution is 4.76. The Labute approximate surface area is 82.4 Å². The lowest BCUT2D eigenvalue weighted by atomic mass is 10.1. The minimum absolute atomic E-state index is 0.236. The molecule has 14 heavy (non-hydrogen) atoms. The largest absolute Gasteiger partial charge is 0.394 e. The van der Waals surface area contributed by atoms with Crippen LogP contribution in [-0.4, -0.2) is 63.3 Å². The molecule has 0 spiro atoms. The average molecular weight is 210 g/mol. The molecule has 0 rings (SSSR count). The Morgan fingerprint density at radius 3 is 2.07 bits per heavy atom. The number of rotatable bonds is 7. The zero-order valence-electron chi connectivity index (χ0n) is 8.08. The zero-order chi connectivity index (χ0) is 11.1. The lowest BCUT2D eigenvalue weighted by Gasteiger charge is -2.25. The highest BCUT2D eigenvalue weighted by Gasteiger charge is 2.30. The molecule has 0 heterocycles. The van der Waals surface area contributed by atoms with E-state index in [1.807, 2.05) is 6.92 Å². The van der Waals surface area contributed by atoms with E-state index < -0.39 is 31.2 Å². The van der Waals surface area contributed by atoms with Crippen molar-refractivity contribution < 1.29 is 30.3 Å². The van der Waals surface area contributed by atoms with Crippen LogP contribution in [0.4, 0.5) is 0 Å². The highest BCUT2D eigenvalue weighted by atomic mass is 16.6. The minimum Gasteiger partial charge on any atom is -0.394 e. The first-order valence-electron chi connectivity index (χ1n) is 4.49. The van der Waals surface area contributed by atoms with E-state index in [1.54, 1.807) is 0 Å². The van der Waals surface area contributed by atoms with Gasteiger partial charge in [0.1, 0.15) is 18.3 Å². The molecule has 0 aromatic rings. The van der Waals surface area contributed by atoms with Gasteiger partial charge in [-0.15, -0.1) is 0 Å². The molecule has 0 radical (unpaired) electrons. The topological polar surface area (TPSA) is 110 Å². The van der Waals surface area contributed by atoms with Crippen molar-refractivity contribution in [2.45, 2.75) is 37.9 Å². The van der Waals surface area contributed by atoms with Crippen LogP contribution in [0.15, 0.2) is 0 Å². The van der Waals surface area contributed by atoms with E-state index in [2.05, 4.69) is 0 Å². The molecular formula is C8H18O6. The number of hydrogen-bond acceptors (Lipinski definition) is 6. The first-order valence-corrected chi connectivity index (χ1v) is 4.49. The molecule has 0 fully saturated rings. The standard InChI is InChI=1S/C8H18O6/c1-2-3-14-8(13)7(12)6(11)5(10)4-9/h5-13H,2-4H2,1H3/t5-,6+,7-,8?/m1/s1. The molecule has 86 valence electrons. The van der Waals surface area contributed by atoms with Crippen LogP contribution in [0.3, 0.4) is 0 Å². The molecule has 0 saturated heterocycles. The zero-order valence-corrected chi connectivity index (χ0v) is 8.08. The number of hydrogen-bond donors (Lipinski definition) is 5. The Hall–Kier alpha value is -0.240. The Balaban J connectivity index is 3.95. The summed E-state index contributed by atoms with van der Waals surface area (Å²) in [5, 5.41) is 44.9. The molecule has 6 heteroatoms. The van der Waals surface area contributed by atoms with Gasteiger partial charge in [0.25, 0.3) is 0 Å². The fraction of sp³-hybridized carbons (Fsp3) is 1.00. The predicted octanol–water partition coefficient (Wildman–Crippen LogP) is -2.19. The van der Waals surface area contributed by atoms with E-state index in [1.165, 1.54) is 0 Å². The van der Waals surface area contributed by atoms with Crippen molar-refractivity contribution in [3.8, 4) is 0 Å². The second kappa shape index (κ2) is 7.10. The maximum absolute atomic E-state index is 9.22. The quantitative estimate of drug-likeness (QED) is 0.305. The fourth-order valence-corrected chi connectivity index (χ4v) is 0.841. The summed E-state index contributed by atoms with van der Waals surface area (Å²) in [5.41, 5.74) is 0. The average Bonchev–Trinajstić information content (AvgIpc) is 2.22. The third kappa shape index (κ3) is 4.32. The molecule has 0 aliphatic rings. The minimum atomic E-state index is -1.64. The molecule has 0 aliphatic carbocycles. The van der Waals surface area contributed by atoms with Gasteiger partial charge in [-0.05, 0) is 6.42 Å². The van der Waals surface area contributed by atoms with Crippen LogP contribution in [0.2, 0.25) is 0 Å². The Morgan fingerprint density at radius 2 is 1.64 bits per heavy atom. The van der Waals surface area contributed by atoms with Crippen molar-refractivity contribution in [1.82, 2.24) is 0 Å². The van der Waals surface area contributed by atoms with Crippen molar-refractivity contribution in [3.05, 3.63) is 0 Å². The summed E-state index contributed by atoms with van der Waals surface area (Å²) in [6, 6.07) is 0. The van der Waals surface area contributed by atoms with Crippen molar-refractivity contribution in [3.63, 3.8) is 0 Å². The van der Waals surface area contributed by atoms with Gasteiger partial charge in [-0.1, -0.05) is 6.92 Å². The second-order valence-electron chi connectivity index (χ2n) is 2.99. The molecule has 0 saturated carbocycles. The maximum Gasteiger partial charge on any atom is 0.183 e. The lowest BCUT2D eigenvalue weighted by Crippen LogP contribution is -2.46. The normalized spacial score (nSPS) is 20.1. The third-order valence-corrected chi connectivity index (χ3v) is 1.72. The van der Waals surface area contributed by atoms with Crippen LogP contribution in [0.1, 0.15) is 13.3 Å². The number of ether oxygens (including phenoxy) is 1. The molecule has 0 aromatic heterocycles. The van der Waals surface area contributed by atoms with E-state index in [9.17, 15) is 5.11 Å². The fourth-order valence-electron chi connectivity index (χ4n) is 0.841. The molecule has 0 aromatic carbocycles. The van der Waals surface area contributed by atoms with Crippen LogP contribution < -0.4 is 0 Å². The highest BCUT2D eigenvalue weighted by Crippen LogP contribution is 2.06. The van der Waals surface area contributed by atoms with Gasteiger partial charge < -0.3 is 30.3 Å². The Bertz CT molecular complexity index is 142. The van der Waals surface area contributed by atoms with Gasteiger partial charge in [-0.2, -0.15) is 0 Å². The summed E-state index contributed by atoms with van der Waals surface area (Å²) in [7, 11) is 0. The van der Waals surface area contributed by atoms with E-state index in [0.29, 0.717) is 6.42 Å². The third-order valence-electron chi connectivity index (χ3n) is 1.72. The van der Waals surface area contributed by atoms with Crippen molar-refractivity contribution in [2.24, 2.45) is 0 Å². The van der Waals surface area contributed by atoms with Crippen LogP contribution in [0.25, 0.3) is 0 Å². The van der Waals surface area contributed by atoms with Crippen LogP contribution in [-0.2, 0) is 4.74 Å². The molecule has 5 N–H and O–H groups in total. The summed E-state index contributed by atoms with van der Waals surface area (Å²) >= 11 is 0. The number of aliphatic hydroxyl groups excluding tert-OH is 5. The van der Waals surface area contributed by atoms with E-state index in [4.69, 9.17) is 25.2 Å². The van der Waals surface area contributed by atoms with Crippen LogP contribution in [0.5, 0.6) is 0 Å². The molecular weight excluding hydrogens is 192 g/mol. The van der Waals surface area contributed by atoms with Gasteiger partial charge in [-0.25, -0.2) is 0 Å². The summed E-state index contributed by atoms with van der Waals surface area (Å²) in [6.45, 7) is 1.36. The first-order chi connectivity index (χ1) is 6.54. The maximum atomic E-state index is 9.22. The molecule has 0 aliphatic heterocycles. The molecule has 1 unspecified atom stereocenters. The summed E-state index contributed by atoms with van der Waals surface area (Å²) in [5.74, 6) is 0. The van der Waals surface area contributed by atoms with E-state index in [0.717, 1.165) is 0 Å². The Morgan fingerprint density at radius 1 is 1.07 bits per heavy atom. The van der Waals surface area contributed by atoms with Crippen LogP contribution >= 0.6 is 0 Å². The lowest BCUT2D eigenvalue weighted by molar-refractivity contribution is -0.204.